The number of aliphatic hydroxyl groups is 3. The molecule has 3 atom stereocenters. The Hall–Kier alpha value is -3.12. The number of carbonyl (C=O) groups is 3. The van der Waals surface area contributed by atoms with Crippen LogP contribution in [0, 0.1) is 20.8 Å². The molecule has 0 unspecified atom stereocenters. The molecule has 0 radical (unpaired) electrons. The highest BCUT2D eigenvalue weighted by Crippen LogP contribution is 2.31. The number of alkyl halides is 9. The number of halogens is 9. The minimum Gasteiger partial charge on any atom is -0.459 e. The standard InChI is InChI=1S/C21H21F9O9/c1-7-10(4-37-16(34)13(31)19(22,23)24)8(2)12(6-39-18(36)15(33)21(28,29)30)9(3)11(7)5-38-17(35)14(32)20(25,26)27/h13-15,31-33H,4-6H2,1-3H3/t13-,14-,15-/m0/s1. The van der Waals surface area contributed by atoms with Gasteiger partial charge in [0.15, 0.2) is 0 Å². The van der Waals surface area contributed by atoms with E-state index in [0.717, 1.165) is 0 Å². The van der Waals surface area contributed by atoms with E-state index >= 15 is 0 Å². The van der Waals surface area contributed by atoms with Crippen molar-refractivity contribution in [2.45, 2.75) is 77.4 Å². The van der Waals surface area contributed by atoms with Crippen LogP contribution in [0.2, 0.25) is 0 Å². The van der Waals surface area contributed by atoms with Gasteiger partial charge in [-0.2, -0.15) is 39.5 Å². The van der Waals surface area contributed by atoms with E-state index in [1.165, 1.54) is 20.8 Å². The first-order valence-electron chi connectivity index (χ1n) is 10.4. The second kappa shape index (κ2) is 12.4. The van der Waals surface area contributed by atoms with Gasteiger partial charge in [0.2, 0.25) is 18.3 Å². The lowest BCUT2D eigenvalue weighted by Gasteiger charge is -2.23. The molecule has 0 aromatic heterocycles. The summed E-state index contributed by atoms with van der Waals surface area (Å²) in [4.78, 5) is 34.8. The number of aliphatic hydroxyl groups excluding tert-OH is 3. The van der Waals surface area contributed by atoms with Gasteiger partial charge in [0, 0.05) is 0 Å². The molecule has 0 saturated heterocycles. The van der Waals surface area contributed by atoms with Gasteiger partial charge < -0.3 is 29.5 Å². The number of rotatable bonds is 9. The molecule has 1 aromatic rings. The summed E-state index contributed by atoms with van der Waals surface area (Å²) in [6.07, 6.45) is -26.8. The van der Waals surface area contributed by atoms with Gasteiger partial charge in [-0.3, -0.25) is 0 Å². The molecule has 0 amide bonds. The molecule has 222 valence electrons. The SMILES string of the molecule is Cc1c(COC(=O)[C@H](O)C(F)(F)F)c(C)c(COC(=O)[C@H](O)C(F)(F)F)c(C)c1COC(=O)[C@H](O)C(F)(F)F. The van der Waals surface area contributed by atoms with Crippen LogP contribution in [0.4, 0.5) is 39.5 Å². The lowest BCUT2D eigenvalue weighted by molar-refractivity contribution is -0.219. The van der Waals surface area contributed by atoms with Crippen molar-refractivity contribution >= 4 is 17.9 Å². The van der Waals surface area contributed by atoms with Crippen molar-refractivity contribution < 1.29 is 83.4 Å². The number of hydrogen-bond donors (Lipinski definition) is 3. The van der Waals surface area contributed by atoms with Crippen molar-refractivity contribution in [3.8, 4) is 0 Å². The van der Waals surface area contributed by atoms with Gasteiger partial charge >= 0.3 is 36.4 Å². The fraction of sp³-hybridized carbons (Fsp3) is 0.571. The molecule has 18 heteroatoms. The summed E-state index contributed by atoms with van der Waals surface area (Å²) < 4.78 is 126. The van der Waals surface area contributed by atoms with Crippen LogP contribution in [0.3, 0.4) is 0 Å². The van der Waals surface area contributed by atoms with Crippen molar-refractivity contribution in [3.05, 3.63) is 33.4 Å². The smallest absolute Gasteiger partial charge is 0.425 e. The van der Waals surface area contributed by atoms with E-state index < -0.39 is 74.6 Å². The number of hydrogen-bond acceptors (Lipinski definition) is 9. The fourth-order valence-corrected chi connectivity index (χ4v) is 3.11. The van der Waals surface area contributed by atoms with E-state index in [-0.39, 0.29) is 33.4 Å². The first kappa shape index (κ1) is 33.9. The zero-order chi connectivity index (χ0) is 30.7. The molecule has 0 aliphatic heterocycles. The maximum absolute atomic E-state index is 12.6. The summed E-state index contributed by atoms with van der Waals surface area (Å²) in [5.74, 6) is -6.45. The summed E-state index contributed by atoms with van der Waals surface area (Å²) in [5.41, 5.74) is -0.730. The van der Waals surface area contributed by atoms with Crippen molar-refractivity contribution in [2.75, 3.05) is 0 Å². The van der Waals surface area contributed by atoms with Crippen LogP contribution >= 0.6 is 0 Å². The highest BCUT2D eigenvalue weighted by Gasteiger charge is 2.46. The summed E-state index contributed by atoms with van der Waals surface area (Å²) >= 11 is 0. The Balaban J connectivity index is 3.44. The molecule has 0 saturated carbocycles. The lowest BCUT2D eigenvalue weighted by Crippen LogP contribution is -2.38. The highest BCUT2D eigenvalue weighted by atomic mass is 19.4. The first-order chi connectivity index (χ1) is 17.5. The van der Waals surface area contributed by atoms with E-state index in [1.54, 1.807) is 0 Å². The minimum absolute atomic E-state index is 0.0426. The van der Waals surface area contributed by atoms with E-state index in [0.29, 0.717) is 0 Å². The Morgan fingerprint density at radius 2 is 0.718 bits per heavy atom. The molecule has 0 aliphatic rings. The monoisotopic (exact) mass is 588 g/mol. The molecular weight excluding hydrogens is 567 g/mol. The molecule has 3 N–H and O–H groups in total. The molecule has 0 heterocycles. The predicted molar refractivity (Wildman–Crippen MR) is 106 cm³/mol. The normalized spacial score (nSPS) is 14.8. The average Bonchev–Trinajstić information content (AvgIpc) is 2.79. The van der Waals surface area contributed by atoms with Crippen molar-refractivity contribution in [1.82, 2.24) is 0 Å². The molecule has 1 rings (SSSR count). The zero-order valence-corrected chi connectivity index (χ0v) is 20.0. The van der Waals surface area contributed by atoms with Gasteiger partial charge in [-0.05, 0) is 54.2 Å². The Labute approximate surface area is 213 Å². The van der Waals surface area contributed by atoms with Gasteiger partial charge in [0.1, 0.15) is 19.8 Å². The predicted octanol–water partition coefficient (Wildman–Crippen LogP) is 2.51. The van der Waals surface area contributed by atoms with Crippen molar-refractivity contribution in [2.24, 2.45) is 0 Å². The summed E-state index contributed by atoms with van der Waals surface area (Å²) in [7, 11) is 0. The molecule has 0 aliphatic carbocycles. The highest BCUT2D eigenvalue weighted by molar-refractivity contribution is 5.76. The van der Waals surface area contributed by atoms with E-state index in [2.05, 4.69) is 14.2 Å². The van der Waals surface area contributed by atoms with Gasteiger partial charge in [-0.1, -0.05) is 0 Å². The number of ether oxygens (including phenoxy) is 3. The summed E-state index contributed by atoms with van der Waals surface area (Å²) in [6.45, 7) is 0.536. The van der Waals surface area contributed by atoms with Gasteiger partial charge in [0.25, 0.3) is 0 Å². The second-order valence-electron chi connectivity index (χ2n) is 7.97. The number of benzene rings is 1. The van der Waals surface area contributed by atoms with Crippen LogP contribution in [0.15, 0.2) is 0 Å². The minimum atomic E-state index is -5.40. The molecular formula is C21H21F9O9. The van der Waals surface area contributed by atoms with Gasteiger partial charge in [-0.25, -0.2) is 14.4 Å². The Morgan fingerprint density at radius 3 is 0.872 bits per heavy atom. The zero-order valence-electron chi connectivity index (χ0n) is 20.0. The largest absolute Gasteiger partial charge is 0.459 e. The van der Waals surface area contributed by atoms with Crippen LogP contribution in [-0.2, 0) is 48.4 Å². The van der Waals surface area contributed by atoms with Gasteiger partial charge in [0.05, 0.1) is 0 Å². The Morgan fingerprint density at radius 1 is 0.538 bits per heavy atom. The molecule has 0 bridgehead atoms. The van der Waals surface area contributed by atoms with Crippen LogP contribution < -0.4 is 0 Å². The third kappa shape index (κ3) is 8.69. The maximum atomic E-state index is 12.6. The molecule has 0 spiro atoms. The topological polar surface area (TPSA) is 140 Å². The van der Waals surface area contributed by atoms with Crippen LogP contribution in [0.5, 0.6) is 0 Å². The quantitative estimate of drug-likeness (QED) is 0.226. The van der Waals surface area contributed by atoms with Crippen molar-refractivity contribution in [3.63, 3.8) is 0 Å². The first-order valence-corrected chi connectivity index (χ1v) is 10.4. The van der Waals surface area contributed by atoms with E-state index in [1.807, 2.05) is 0 Å². The maximum Gasteiger partial charge on any atom is 0.425 e. The molecule has 0 fully saturated rings. The Bertz CT molecular complexity index is 924. The third-order valence-electron chi connectivity index (χ3n) is 5.39. The van der Waals surface area contributed by atoms with E-state index in [9.17, 15) is 53.9 Å². The van der Waals surface area contributed by atoms with Crippen LogP contribution in [0.1, 0.15) is 33.4 Å². The summed E-state index contributed by atoms with van der Waals surface area (Å²) in [6, 6.07) is 0. The Kier molecular flexibility index (Phi) is 10.8. The van der Waals surface area contributed by atoms with Crippen LogP contribution in [0.25, 0.3) is 0 Å². The van der Waals surface area contributed by atoms with Crippen molar-refractivity contribution in [1.29, 1.82) is 0 Å². The van der Waals surface area contributed by atoms with Gasteiger partial charge in [-0.15, -0.1) is 0 Å². The summed E-state index contributed by atoms with van der Waals surface area (Å²) in [5, 5.41) is 27.0. The number of carbonyl (C=O) groups excluding carboxylic acids is 3. The van der Waals surface area contributed by atoms with Crippen LogP contribution in [-0.4, -0.2) is 70.1 Å². The number of esters is 3. The average molecular weight is 588 g/mol. The second-order valence-corrected chi connectivity index (χ2v) is 7.97. The molecule has 1 aromatic carbocycles. The van der Waals surface area contributed by atoms with E-state index in [4.69, 9.17) is 15.3 Å². The lowest BCUT2D eigenvalue weighted by atomic mass is 9.89. The molecule has 9 nitrogen and oxygen atoms in total. The fourth-order valence-electron chi connectivity index (χ4n) is 3.11. The molecule has 39 heavy (non-hydrogen) atoms. The third-order valence-corrected chi connectivity index (χ3v) is 5.39.